The van der Waals surface area contributed by atoms with Crippen molar-refractivity contribution in [3.05, 3.63) is 56.1 Å². The summed E-state index contributed by atoms with van der Waals surface area (Å²) in [6, 6.07) is 8.78. The van der Waals surface area contributed by atoms with E-state index in [9.17, 15) is 13.2 Å². The van der Waals surface area contributed by atoms with Gasteiger partial charge in [-0.25, -0.2) is 8.42 Å². The predicted molar refractivity (Wildman–Crippen MR) is 118 cm³/mol. The van der Waals surface area contributed by atoms with Crippen molar-refractivity contribution in [3.63, 3.8) is 0 Å². The van der Waals surface area contributed by atoms with Gasteiger partial charge in [0, 0.05) is 29.1 Å². The molecule has 1 amide bonds. The highest BCUT2D eigenvalue weighted by Gasteiger charge is 2.35. The first-order valence-electron chi connectivity index (χ1n) is 9.51. The molecule has 0 spiro atoms. The molecule has 0 aliphatic carbocycles. The molecule has 1 saturated heterocycles. The molecule has 0 saturated carbocycles. The molecule has 2 aliphatic heterocycles. The minimum absolute atomic E-state index is 0.220. The van der Waals surface area contributed by atoms with Gasteiger partial charge in [0.1, 0.15) is 6.04 Å². The molecule has 1 aromatic heterocycles. The van der Waals surface area contributed by atoms with Crippen LogP contribution in [0.4, 0.5) is 5.69 Å². The largest absolute Gasteiger partial charge is 0.313 e. The maximum absolute atomic E-state index is 12.8. The lowest BCUT2D eigenvalue weighted by Gasteiger charge is -2.19. The lowest BCUT2D eigenvalue weighted by molar-refractivity contribution is -0.118. The monoisotopic (exact) mass is 451 g/mol. The van der Waals surface area contributed by atoms with Crippen LogP contribution in [-0.4, -0.2) is 33.5 Å². The van der Waals surface area contributed by atoms with E-state index in [2.05, 4.69) is 16.1 Å². The van der Waals surface area contributed by atoms with E-state index in [1.807, 2.05) is 12.1 Å². The number of hydrogen-bond donors (Lipinski definition) is 2. The third-order valence-corrected chi connectivity index (χ3v) is 7.44. The van der Waals surface area contributed by atoms with E-state index in [0.717, 1.165) is 41.9 Å². The highest BCUT2D eigenvalue weighted by Crippen LogP contribution is 2.27. The third kappa shape index (κ3) is 4.90. The maximum Gasteiger partial charge on any atom is 0.245 e. The number of anilines is 1. The fourth-order valence-electron chi connectivity index (χ4n) is 3.67. The molecule has 1 fully saturated rings. The van der Waals surface area contributed by atoms with Gasteiger partial charge >= 0.3 is 0 Å². The second-order valence-corrected chi connectivity index (χ2v) is 10.5. The number of carbonyl (C=O) groups excluding carboxylic acids is 1. The molecule has 0 unspecified atom stereocenters. The van der Waals surface area contributed by atoms with Crippen LogP contribution in [0.3, 0.4) is 0 Å². The number of aryl methyl sites for hydroxylation is 1. The van der Waals surface area contributed by atoms with Crippen LogP contribution in [0.25, 0.3) is 6.08 Å². The molecule has 3 heterocycles. The second kappa shape index (κ2) is 8.57. The van der Waals surface area contributed by atoms with E-state index in [1.165, 1.54) is 28.5 Å². The topological polar surface area (TPSA) is 78.5 Å². The molecule has 6 nitrogen and oxygen atoms in total. The summed E-state index contributed by atoms with van der Waals surface area (Å²) in [5, 5.41) is 4.47. The summed E-state index contributed by atoms with van der Waals surface area (Å²) in [4.78, 5) is 15.2. The minimum atomic E-state index is -3.74. The average molecular weight is 452 g/mol. The van der Waals surface area contributed by atoms with E-state index in [0.29, 0.717) is 17.3 Å². The van der Waals surface area contributed by atoms with E-state index in [-0.39, 0.29) is 5.91 Å². The number of rotatable bonds is 5. The van der Waals surface area contributed by atoms with Gasteiger partial charge in [0.2, 0.25) is 15.9 Å². The summed E-state index contributed by atoms with van der Waals surface area (Å²) in [6.45, 7) is 2.27. The number of nitrogens with zero attached hydrogens (tertiary/aromatic N) is 1. The molecule has 0 radical (unpaired) electrons. The Kier molecular flexibility index (Phi) is 6.08. The number of carbonyl (C=O) groups is 1. The Bertz CT molecular complexity index is 1050. The van der Waals surface area contributed by atoms with Gasteiger partial charge in [0.15, 0.2) is 0 Å². The lowest BCUT2D eigenvalue weighted by atomic mass is 10.0. The van der Waals surface area contributed by atoms with Gasteiger partial charge < -0.3 is 10.2 Å². The number of thiophene rings is 1. The highest BCUT2D eigenvalue weighted by molar-refractivity contribution is 7.92. The molecule has 4 rings (SSSR count). The summed E-state index contributed by atoms with van der Waals surface area (Å²) < 4.78 is 27.9. The zero-order chi connectivity index (χ0) is 20.4. The third-order valence-electron chi connectivity index (χ3n) is 5.13. The SMILES string of the molecule is O=C1[C@@H](NS(=O)(=O)C=Cc2ccc(Cl)s2)CCN1c1ccc2c(c1)CNCCC2. The van der Waals surface area contributed by atoms with E-state index in [1.54, 1.807) is 17.0 Å². The Hall–Kier alpha value is -1.71. The van der Waals surface area contributed by atoms with Crippen LogP contribution in [-0.2, 0) is 27.8 Å². The van der Waals surface area contributed by atoms with Gasteiger partial charge in [0.05, 0.1) is 4.34 Å². The highest BCUT2D eigenvalue weighted by atomic mass is 35.5. The van der Waals surface area contributed by atoms with E-state index < -0.39 is 16.1 Å². The predicted octanol–water partition coefficient (Wildman–Crippen LogP) is 3.13. The summed E-state index contributed by atoms with van der Waals surface area (Å²) in [7, 11) is -3.74. The number of hydrogen-bond acceptors (Lipinski definition) is 5. The van der Waals surface area contributed by atoms with Crippen molar-refractivity contribution in [3.8, 4) is 0 Å². The molecular formula is C20H22ClN3O3S2. The van der Waals surface area contributed by atoms with Crippen LogP contribution in [0.1, 0.15) is 28.8 Å². The molecule has 2 N–H and O–H groups in total. The van der Waals surface area contributed by atoms with Crippen LogP contribution < -0.4 is 14.9 Å². The van der Waals surface area contributed by atoms with Crippen molar-refractivity contribution in [1.82, 2.24) is 10.0 Å². The molecule has 154 valence electrons. The first-order valence-corrected chi connectivity index (χ1v) is 12.2. The van der Waals surface area contributed by atoms with E-state index in [4.69, 9.17) is 11.6 Å². The van der Waals surface area contributed by atoms with Crippen molar-refractivity contribution in [1.29, 1.82) is 0 Å². The van der Waals surface area contributed by atoms with Gasteiger partial charge in [-0.15, -0.1) is 11.3 Å². The number of nitrogens with one attached hydrogen (secondary N) is 2. The molecule has 29 heavy (non-hydrogen) atoms. The average Bonchev–Trinajstić information content (AvgIpc) is 3.17. The Morgan fingerprint density at radius 2 is 2.10 bits per heavy atom. The molecule has 0 bridgehead atoms. The summed E-state index contributed by atoms with van der Waals surface area (Å²) >= 11 is 7.15. The molecule has 9 heteroatoms. The smallest absolute Gasteiger partial charge is 0.245 e. The Morgan fingerprint density at radius 3 is 2.90 bits per heavy atom. The maximum atomic E-state index is 12.8. The fourth-order valence-corrected chi connectivity index (χ4v) is 5.74. The summed E-state index contributed by atoms with van der Waals surface area (Å²) in [5.41, 5.74) is 3.33. The number of amides is 1. The lowest BCUT2D eigenvalue weighted by Crippen LogP contribution is -2.40. The van der Waals surface area contributed by atoms with Crippen molar-refractivity contribution < 1.29 is 13.2 Å². The van der Waals surface area contributed by atoms with Crippen LogP contribution >= 0.6 is 22.9 Å². The molecular weight excluding hydrogens is 430 g/mol. The molecule has 1 aromatic carbocycles. The number of sulfonamides is 1. The van der Waals surface area contributed by atoms with Crippen LogP contribution in [0.5, 0.6) is 0 Å². The fraction of sp³-hybridized carbons (Fsp3) is 0.350. The second-order valence-electron chi connectivity index (χ2n) is 7.17. The Morgan fingerprint density at radius 1 is 1.24 bits per heavy atom. The zero-order valence-corrected chi connectivity index (χ0v) is 18.1. The molecule has 1 atom stereocenters. The number of benzene rings is 1. The first kappa shape index (κ1) is 20.6. The van der Waals surface area contributed by atoms with Gasteiger partial charge in [0.25, 0.3) is 0 Å². The zero-order valence-electron chi connectivity index (χ0n) is 15.7. The summed E-state index contributed by atoms with van der Waals surface area (Å²) in [5.74, 6) is -0.220. The van der Waals surface area contributed by atoms with Crippen LogP contribution in [0, 0.1) is 0 Å². The summed E-state index contributed by atoms with van der Waals surface area (Å²) in [6.07, 6.45) is 4.05. The Labute approximate surface area is 179 Å². The van der Waals surface area contributed by atoms with Gasteiger partial charge in [-0.05, 0) is 67.3 Å². The van der Waals surface area contributed by atoms with E-state index >= 15 is 0 Å². The van der Waals surface area contributed by atoms with Crippen LogP contribution in [0.2, 0.25) is 4.34 Å². The number of fused-ring (bicyclic) bond motifs is 1. The number of halogens is 1. The minimum Gasteiger partial charge on any atom is -0.313 e. The normalized spacial score (nSPS) is 20.2. The van der Waals surface area contributed by atoms with Crippen molar-refractivity contribution in [2.24, 2.45) is 0 Å². The first-order chi connectivity index (χ1) is 13.9. The van der Waals surface area contributed by atoms with Gasteiger partial charge in [-0.2, -0.15) is 4.72 Å². The molecule has 2 aromatic rings. The van der Waals surface area contributed by atoms with Crippen LogP contribution in [0.15, 0.2) is 35.7 Å². The standard InChI is InChI=1S/C20H22ClN3O3S2/c21-19-6-5-17(28-19)8-11-29(26,27)23-18-7-10-24(20(18)25)16-4-3-14-2-1-9-22-13-15(14)12-16/h3-6,8,11-12,18,22-23H,1-2,7,9-10,13H2/t18-/m0/s1. The van der Waals surface area contributed by atoms with Gasteiger partial charge in [-0.1, -0.05) is 17.7 Å². The van der Waals surface area contributed by atoms with Crippen molar-refractivity contribution in [2.75, 3.05) is 18.0 Å². The van der Waals surface area contributed by atoms with Crippen molar-refractivity contribution in [2.45, 2.75) is 31.8 Å². The molecule has 2 aliphatic rings. The Balaban J connectivity index is 1.45. The quantitative estimate of drug-likeness (QED) is 0.732. The van der Waals surface area contributed by atoms with Crippen molar-refractivity contribution >= 4 is 50.6 Å². The van der Waals surface area contributed by atoms with Gasteiger partial charge in [-0.3, -0.25) is 4.79 Å².